The van der Waals surface area contributed by atoms with Gasteiger partial charge in [0.2, 0.25) is 5.79 Å². The highest BCUT2D eigenvalue weighted by Crippen LogP contribution is 2.36. The standard InChI is InChI=1S/2C18H36O2.C12H22O11/c2*1-2-3-4-5-6-7-8-9-10-11-12-13-14-15-16-17-18(19)20;13-1-4-6(16)8(18)9(19)11(21-4)23-12(3-15)10(20)7(17)5(2-14)22-12/h2*2-17H2,1H3,(H,19,20);4-11,13-20H,1-3H2/t;;4-,5-,6-,7-,8+,9-,10+,11-,12+/m..1/s1. The van der Waals surface area contributed by atoms with E-state index in [4.69, 9.17) is 34.6 Å². The van der Waals surface area contributed by atoms with Crippen LogP contribution in [0.4, 0.5) is 0 Å². The number of ether oxygens (including phenoxy) is 3. The minimum absolute atomic E-state index is 0.345. The zero-order valence-electron chi connectivity index (χ0n) is 39.4. The van der Waals surface area contributed by atoms with E-state index in [9.17, 15) is 40.2 Å². The van der Waals surface area contributed by atoms with Crippen molar-refractivity contribution in [2.75, 3.05) is 19.8 Å². The maximum absolute atomic E-state index is 10.3. The van der Waals surface area contributed by atoms with Crippen molar-refractivity contribution >= 4 is 11.9 Å². The second-order valence-electron chi connectivity index (χ2n) is 17.7. The van der Waals surface area contributed by atoms with Gasteiger partial charge in [0.25, 0.3) is 0 Å². The topological polar surface area (TPSA) is 264 Å². The summed E-state index contributed by atoms with van der Waals surface area (Å²) in [5.74, 6) is -3.53. The summed E-state index contributed by atoms with van der Waals surface area (Å²) < 4.78 is 15.4. The van der Waals surface area contributed by atoms with E-state index >= 15 is 0 Å². The maximum Gasteiger partial charge on any atom is 0.303 e. The van der Waals surface area contributed by atoms with Gasteiger partial charge in [0.1, 0.15) is 49.3 Å². The van der Waals surface area contributed by atoms with E-state index < -0.39 is 86.6 Å². The third kappa shape index (κ3) is 29.7. The first-order valence-corrected chi connectivity index (χ1v) is 25.0. The van der Waals surface area contributed by atoms with Gasteiger partial charge >= 0.3 is 11.9 Å². The first-order chi connectivity index (χ1) is 30.3. The number of carboxylic acid groups (broad SMARTS) is 2. The summed E-state index contributed by atoms with van der Waals surface area (Å²) in [6.45, 7) is 2.22. The molecule has 15 nitrogen and oxygen atoms in total. The maximum atomic E-state index is 10.3. The first kappa shape index (κ1) is 61.5. The molecule has 0 aromatic rings. The Morgan fingerprint density at radius 2 is 0.762 bits per heavy atom. The van der Waals surface area contributed by atoms with Crippen LogP contribution in [-0.2, 0) is 23.8 Å². The van der Waals surface area contributed by atoms with E-state index in [-0.39, 0.29) is 0 Å². The lowest BCUT2D eigenvalue weighted by Gasteiger charge is -2.43. The molecule has 0 amide bonds. The number of aliphatic carboxylic acids is 2. The van der Waals surface area contributed by atoms with E-state index in [1.807, 2.05) is 0 Å². The SMILES string of the molecule is CCCCCCCCCCCCCCCCCC(=O)O.CCCCCCCCCCCCCCCCCC(=O)O.OC[C@H]1O[C@@](CO)(O[C@H]2O[C@H](CO)[C@@H](O)[C@H](O)[C@H]2O)[C@@H](O)[C@@H]1O. The van der Waals surface area contributed by atoms with Crippen molar-refractivity contribution in [1.29, 1.82) is 0 Å². The molecule has 63 heavy (non-hydrogen) atoms. The third-order valence-electron chi connectivity index (χ3n) is 12.1. The molecule has 2 rings (SSSR count). The van der Waals surface area contributed by atoms with E-state index in [0.29, 0.717) is 12.8 Å². The van der Waals surface area contributed by atoms with Crippen LogP contribution in [0, 0.1) is 0 Å². The van der Waals surface area contributed by atoms with Crippen LogP contribution in [0.3, 0.4) is 0 Å². The Balaban J connectivity index is 0.000000920. The van der Waals surface area contributed by atoms with Crippen molar-refractivity contribution in [3.63, 3.8) is 0 Å². The molecule has 0 spiro atoms. The van der Waals surface area contributed by atoms with Crippen molar-refractivity contribution < 1.29 is 74.9 Å². The second-order valence-corrected chi connectivity index (χ2v) is 17.7. The summed E-state index contributed by atoms with van der Waals surface area (Å²) in [6.07, 6.45) is 27.7. The molecule has 9 atom stereocenters. The normalized spacial score (nSPS) is 25.6. The Bertz CT molecular complexity index is 1010. The molecule has 15 heteroatoms. The molecular weight excluding hydrogens is 817 g/mol. The Morgan fingerprint density at radius 1 is 0.444 bits per heavy atom. The smallest absolute Gasteiger partial charge is 0.303 e. The largest absolute Gasteiger partial charge is 0.481 e. The summed E-state index contributed by atoms with van der Waals surface area (Å²) in [4.78, 5) is 20.7. The number of unbranched alkanes of at least 4 members (excludes halogenated alkanes) is 28. The van der Waals surface area contributed by atoms with Crippen LogP contribution in [-0.4, -0.2) is 138 Å². The van der Waals surface area contributed by atoms with Gasteiger partial charge in [-0.15, -0.1) is 0 Å². The first-order valence-electron chi connectivity index (χ1n) is 25.0. The molecule has 2 saturated heterocycles. The van der Waals surface area contributed by atoms with Gasteiger partial charge in [-0.25, -0.2) is 0 Å². The predicted molar refractivity (Wildman–Crippen MR) is 243 cm³/mol. The molecule has 0 aromatic heterocycles. The number of carboxylic acids is 2. The highest BCUT2D eigenvalue weighted by atomic mass is 16.8. The van der Waals surface area contributed by atoms with Crippen LogP contribution in [0.1, 0.15) is 219 Å². The van der Waals surface area contributed by atoms with Crippen molar-refractivity contribution in [1.82, 2.24) is 0 Å². The number of hydrogen-bond donors (Lipinski definition) is 10. The Labute approximate surface area is 379 Å². The molecule has 376 valence electrons. The third-order valence-corrected chi connectivity index (χ3v) is 12.1. The fraction of sp³-hybridized carbons (Fsp3) is 0.958. The summed E-state index contributed by atoms with van der Waals surface area (Å²) in [6, 6.07) is 0. The lowest BCUT2D eigenvalue weighted by molar-refractivity contribution is -0.383. The lowest BCUT2D eigenvalue weighted by atomic mass is 9.99. The highest BCUT2D eigenvalue weighted by Gasteiger charge is 2.58. The zero-order valence-corrected chi connectivity index (χ0v) is 39.4. The minimum atomic E-state index is -2.22. The van der Waals surface area contributed by atoms with Crippen molar-refractivity contribution in [2.45, 2.75) is 274 Å². The van der Waals surface area contributed by atoms with Crippen LogP contribution >= 0.6 is 0 Å². The van der Waals surface area contributed by atoms with Gasteiger partial charge in [0.05, 0.1) is 13.2 Å². The van der Waals surface area contributed by atoms with Crippen molar-refractivity contribution in [3.05, 3.63) is 0 Å². The molecule has 0 aromatic carbocycles. The fourth-order valence-electron chi connectivity index (χ4n) is 7.93. The Morgan fingerprint density at radius 3 is 1.03 bits per heavy atom. The molecule has 2 aliphatic rings. The summed E-state index contributed by atoms with van der Waals surface area (Å²) in [7, 11) is 0. The summed E-state index contributed by atoms with van der Waals surface area (Å²) in [5, 5.41) is 93.7. The predicted octanol–water partition coefficient (Wildman–Crippen LogP) is 7.27. The minimum Gasteiger partial charge on any atom is -0.481 e. The van der Waals surface area contributed by atoms with Crippen molar-refractivity contribution in [3.8, 4) is 0 Å². The Kier molecular flexibility index (Phi) is 39.8. The van der Waals surface area contributed by atoms with Gasteiger partial charge in [0.15, 0.2) is 6.29 Å². The van der Waals surface area contributed by atoms with Gasteiger partial charge in [-0.3, -0.25) is 9.59 Å². The fourth-order valence-corrected chi connectivity index (χ4v) is 7.93. The molecule has 0 aliphatic carbocycles. The average molecular weight is 911 g/mol. The van der Waals surface area contributed by atoms with Crippen LogP contribution < -0.4 is 0 Å². The van der Waals surface area contributed by atoms with E-state index in [1.54, 1.807) is 0 Å². The summed E-state index contributed by atoms with van der Waals surface area (Å²) in [5.41, 5.74) is 0. The molecule has 10 N–H and O–H groups in total. The molecule has 0 radical (unpaired) electrons. The molecule has 0 saturated carbocycles. The van der Waals surface area contributed by atoms with E-state index in [1.165, 1.54) is 167 Å². The highest BCUT2D eigenvalue weighted by molar-refractivity contribution is 5.66. The zero-order chi connectivity index (χ0) is 47.1. The molecule has 2 heterocycles. The van der Waals surface area contributed by atoms with Crippen molar-refractivity contribution in [2.24, 2.45) is 0 Å². The number of carbonyl (C=O) groups is 2. The molecular formula is C48H94O15. The van der Waals surface area contributed by atoms with Crippen LogP contribution in [0.2, 0.25) is 0 Å². The molecule has 2 fully saturated rings. The van der Waals surface area contributed by atoms with Crippen LogP contribution in [0.25, 0.3) is 0 Å². The Hall–Kier alpha value is -1.50. The number of aliphatic hydroxyl groups excluding tert-OH is 8. The lowest BCUT2D eigenvalue weighted by Crippen LogP contribution is -2.62. The van der Waals surface area contributed by atoms with Crippen LogP contribution in [0.5, 0.6) is 0 Å². The quantitative estimate of drug-likeness (QED) is 0.0275. The molecule has 2 aliphatic heterocycles. The summed E-state index contributed by atoms with van der Waals surface area (Å²) >= 11 is 0. The molecule has 0 bridgehead atoms. The van der Waals surface area contributed by atoms with Gasteiger partial charge in [-0.05, 0) is 12.8 Å². The molecule has 0 unspecified atom stereocenters. The average Bonchev–Trinajstić information content (AvgIpc) is 3.51. The number of aliphatic hydroxyl groups is 8. The van der Waals surface area contributed by atoms with Gasteiger partial charge < -0.3 is 65.3 Å². The van der Waals surface area contributed by atoms with E-state index in [2.05, 4.69) is 13.8 Å². The number of rotatable bonds is 37. The monoisotopic (exact) mass is 911 g/mol. The van der Waals surface area contributed by atoms with Gasteiger partial charge in [-0.1, -0.05) is 194 Å². The van der Waals surface area contributed by atoms with Gasteiger partial charge in [0, 0.05) is 12.8 Å². The second kappa shape index (κ2) is 40.7. The van der Waals surface area contributed by atoms with Crippen LogP contribution in [0.15, 0.2) is 0 Å². The van der Waals surface area contributed by atoms with E-state index in [0.717, 1.165) is 25.7 Å². The van der Waals surface area contributed by atoms with Gasteiger partial charge in [-0.2, -0.15) is 0 Å². The number of hydrogen-bond acceptors (Lipinski definition) is 13.